The monoisotopic (exact) mass is 147 g/mol. The van der Waals surface area contributed by atoms with Gasteiger partial charge in [-0.2, -0.15) is 10.5 Å². The van der Waals surface area contributed by atoms with E-state index in [1.807, 2.05) is 0 Å². The van der Waals surface area contributed by atoms with Gasteiger partial charge >= 0.3 is 0 Å². The highest BCUT2D eigenvalue weighted by Crippen LogP contribution is 2.04. The molecule has 1 aromatic rings. The minimum Gasteiger partial charge on any atom is -0.241 e. The van der Waals surface area contributed by atoms with Crippen LogP contribution in [0.1, 0.15) is 11.3 Å². The van der Waals surface area contributed by atoms with Crippen molar-refractivity contribution in [3.63, 3.8) is 0 Å². The highest BCUT2D eigenvalue weighted by molar-refractivity contribution is 5.40. The Balaban J connectivity index is 3.34. The molecule has 0 saturated heterocycles. The third-order valence-electron chi connectivity index (χ3n) is 1.08. The van der Waals surface area contributed by atoms with Crippen molar-refractivity contribution in [1.29, 1.82) is 10.5 Å². The molecular formula is C7H2FN3. The SMILES string of the molecule is N#Cc1cc(F)cnc1C#N. The van der Waals surface area contributed by atoms with Crippen LogP contribution in [-0.4, -0.2) is 4.98 Å². The molecule has 0 aromatic carbocycles. The molecule has 0 aliphatic carbocycles. The van der Waals surface area contributed by atoms with E-state index in [1.54, 1.807) is 12.1 Å². The van der Waals surface area contributed by atoms with Gasteiger partial charge in [-0.25, -0.2) is 9.37 Å². The minimum atomic E-state index is -0.611. The number of halogens is 1. The molecule has 0 bridgehead atoms. The first kappa shape index (κ1) is 7.17. The summed E-state index contributed by atoms with van der Waals surface area (Å²) >= 11 is 0. The summed E-state index contributed by atoms with van der Waals surface area (Å²) in [6.45, 7) is 0. The lowest BCUT2D eigenvalue weighted by Crippen LogP contribution is -1.89. The largest absolute Gasteiger partial charge is 0.241 e. The van der Waals surface area contributed by atoms with Crippen molar-refractivity contribution in [1.82, 2.24) is 4.98 Å². The third kappa shape index (κ3) is 1.31. The maximum atomic E-state index is 12.3. The van der Waals surface area contributed by atoms with Crippen LogP contribution in [-0.2, 0) is 0 Å². The summed E-state index contributed by atoms with van der Waals surface area (Å²) in [5.41, 5.74) is -0.0820. The minimum absolute atomic E-state index is 0.0347. The molecule has 0 radical (unpaired) electrons. The van der Waals surface area contributed by atoms with Crippen LogP contribution in [0.2, 0.25) is 0 Å². The average Bonchev–Trinajstić information content (AvgIpc) is 2.04. The van der Waals surface area contributed by atoms with E-state index >= 15 is 0 Å². The van der Waals surface area contributed by atoms with Gasteiger partial charge in [0.25, 0.3) is 0 Å². The highest BCUT2D eigenvalue weighted by atomic mass is 19.1. The summed E-state index contributed by atoms with van der Waals surface area (Å²) in [5, 5.41) is 16.7. The fourth-order valence-corrected chi connectivity index (χ4v) is 0.614. The lowest BCUT2D eigenvalue weighted by Gasteiger charge is -1.90. The van der Waals surface area contributed by atoms with Crippen molar-refractivity contribution in [2.75, 3.05) is 0 Å². The van der Waals surface area contributed by atoms with Crippen LogP contribution in [0.15, 0.2) is 12.3 Å². The lowest BCUT2D eigenvalue weighted by molar-refractivity contribution is 0.620. The van der Waals surface area contributed by atoms with Gasteiger partial charge in [-0.15, -0.1) is 0 Å². The van der Waals surface area contributed by atoms with E-state index in [0.717, 1.165) is 12.3 Å². The van der Waals surface area contributed by atoms with Gasteiger partial charge in [-0.1, -0.05) is 0 Å². The smallest absolute Gasteiger partial charge is 0.158 e. The van der Waals surface area contributed by atoms with E-state index in [2.05, 4.69) is 4.98 Å². The molecule has 0 saturated carbocycles. The first-order chi connectivity index (χ1) is 5.27. The number of nitrogens with zero attached hydrogens (tertiary/aromatic N) is 3. The summed E-state index contributed by atoms with van der Waals surface area (Å²) in [6.07, 6.45) is 0.902. The van der Waals surface area contributed by atoms with Crippen LogP contribution in [0.3, 0.4) is 0 Å². The Kier molecular flexibility index (Phi) is 1.80. The Labute approximate surface area is 62.3 Å². The number of pyridine rings is 1. The summed E-state index contributed by atoms with van der Waals surface area (Å²) in [6, 6.07) is 4.31. The quantitative estimate of drug-likeness (QED) is 0.549. The van der Waals surface area contributed by atoms with Crippen LogP contribution >= 0.6 is 0 Å². The predicted octanol–water partition coefficient (Wildman–Crippen LogP) is 0.964. The molecule has 1 heterocycles. The van der Waals surface area contributed by atoms with Crippen molar-refractivity contribution < 1.29 is 4.39 Å². The van der Waals surface area contributed by atoms with Crippen LogP contribution in [0, 0.1) is 28.5 Å². The molecule has 0 unspecified atom stereocenters. The van der Waals surface area contributed by atoms with Gasteiger partial charge in [0.2, 0.25) is 0 Å². The van der Waals surface area contributed by atoms with Crippen molar-refractivity contribution in [2.24, 2.45) is 0 Å². The van der Waals surface area contributed by atoms with Crippen LogP contribution in [0.5, 0.6) is 0 Å². The highest BCUT2D eigenvalue weighted by Gasteiger charge is 2.02. The molecule has 0 aliphatic rings. The topological polar surface area (TPSA) is 60.5 Å². The van der Waals surface area contributed by atoms with E-state index in [-0.39, 0.29) is 11.3 Å². The van der Waals surface area contributed by atoms with Gasteiger partial charge in [-0.05, 0) is 6.07 Å². The van der Waals surface area contributed by atoms with Gasteiger partial charge in [-0.3, -0.25) is 0 Å². The molecule has 3 nitrogen and oxygen atoms in total. The standard InChI is InChI=1S/C7H2FN3/c8-6-1-5(2-9)7(3-10)11-4-6/h1,4H. The molecule has 0 fully saturated rings. The lowest BCUT2D eigenvalue weighted by atomic mass is 10.2. The van der Waals surface area contributed by atoms with Crippen LogP contribution < -0.4 is 0 Å². The second-order valence-corrected chi connectivity index (χ2v) is 1.77. The molecule has 11 heavy (non-hydrogen) atoms. The van der Waals surface area contributed by atoms with Crippen molar-refractivity contribution in [3.8, 4) is 12.1 Å². The van der Waals surface area contributed by atoms with Gasteiger partial charge in [0.1, 0.15) is 18.0 Å². The molecule has 0 atom stereocenters. The van der Waals surface area contributed by atoms with Gasteiger partial charge in [0.05, 0.1) is 11.8 Å². The van der Waals surface area contributed by atoms with Gasteiger partial charge in [0, 0.05) is 0 Å². The van der Waals surface area contributed by atoms with Crippen molar-refractivity contribution in [3.05, 3.63) is 29.3 Å². The molecule has 52 valence electrons. The molecule has 0 amide bonds. The number of hydrogen-bond donors (Lipinski definition) is 0. The maximum absolute atomic E-state index is 12.3. The first-order valence-electron chi connectivity index (χ1n) is 2.73. The molecule has 1 aromatic heterocycles. The zero-order valence-corrected chi connectivity index (χ0v) is 5.37. The second kappa shape index (κ2) is 2.76. The Morgan fingerprint density at radius 1 is 1.36 bits per heavy atom. The fourth-order valence-electron chi connectivity index (χ4n) is 0.614. The Morgan fingerprint density at radius 3 is 2.64 bits per heavy atom. The number of hydrogen-bond acceptors (Lipinski definition) is 3. The number of aromatic nitrogens is 1. The summed E-state index contributed by atoms with van der Waals surface area (Å²) < 4.78 is 12.3. The zero-order chi connectivity index (χ0) is 8.27. The first-order valence-corrected chi connectivity index (χ1v) is 2.73. The van der Waals surface area contributed by atoms with Gasteiger partial charge < -0.3 is 0 Å². The molecule has 1 rings (SSSR count). The van der Waals surface area contributed by atoms with E-state index in [9.17, 15) is 4.39 Å². The fraction of sp³-hybridized carbons (Fsp3) is 0. The normalized spacial score (nSPS) is 8.27. The summed E-state index contributed by atoms with van der Waals surface area (Å²) in [4.78, 5) is 3.41. The second-order valence-electron chi connectivity index (χ2n) is 1.77. The van der Waals surface area contributed by atoms with Crippen molar-refractivity contribution >= 4 is 0 Å². The maximum Gasteiger partial charge on any atom is 0.158 e. The Morgan fingerprint density at radius 2 is 2.09 bits per heavy atom. The molecule has 0 spiro atoms. The summed E-state index contributed by atoms with van der Waals surface area (Å²) in [7, 11) is 0. The van der Waals surface area contributed by atoms with Crippen LogP contribution in [0.25, 0.3) is 0 Å². The Bertz CT molecular complexity index is 359. The van der Waals surface area contributed by atoms with Crippen LogP contribution in [0.4, 0.5) is 4.39 Å². The van der Waals surface area contributed by atoms with Gasteiger partial charge in [0.15, 0.2) is 5.69 Å². The van der Waals surface area contributed by atoms with E-state index in [1.165, 1.54) is 0 Å². The number of nitriles is 2. The van der Waals surface area contributed by atoms with Crippen molar-refractivity contribution in [2.45, 2.75) is 0 Å². The molecular weight excluding hydrogens is 145 g/mol. The summed E-state index contributed by atoms with van der Waals surface area (Å²) in [5.74, 6) is -0.611. The Hall–Kier alpha value is -1.94. The zero-order valence-electron chi connectivity index (χ0n) is 5.37. The van der Waals surface area contributed by atoms with E-state index < -0.39 is 5.82 Å². The molecule has 0 N–H and O–H groups in total. The molecule has 0 aliphatic heterocycles. The molecule has 4 heteroatoms. The number of rotatable bonds is 0. The third-order valence-corrected chi connectivity index (χ3v) is 1.08. The van der Waals surface area contributed by atoms with E-state index in [4.69, 9.17) is 10.5 Å². The van der Waals surface area contributed by atoms with E-state index in [0.29, 0.717) is 0 Å². The average molecular weight is 147 g/mol. The predicted molar refractivity (Wildman–Crippen MR) is 33.6 cm³/mol.